The van der Waals surface area contributed by atoms with Crippen LogP contribution in [0.1, 0.15) is 29.4 Å². The Morgan fingerprint density at radius 3 is 3.20 bits per heavy atom. The molecule has 82 valence electrons. The van der Waals surface area contributed by atoms with Gasteiger partial charge in [0.05, 0.1) is 0 Å². The highest BCUT2D eigenvalue weighted by molar-refractivity contribution is 5.89. The van der Waals surface area contributed by atoms with Gasteiger partial charge in [0.15, 0.2) is 5.82 Å². The van der Waals surface area contributed by atoms with E-state index < -0.39 is 0 Å². The number of aromatic nitrogens is 2. The van der Waals surface area contributed by atoms with Crippen LogP contribution in [0, 0.1) is 6.92 Å². The first-order valence-corrected chi connectivity index (χ1v) is 5.07. The maximum absolute atomic E-state index is 11.5. The van der Waals surface area contributed by atoms with Crippen LogP contribution in [-0.4, -0.2) is 35.2 Å². The Morgan fingerprint density at radius 1 is 1.73 bits per heavy atom. The average molecular weight is 210 g/mol. The fraction of sp³-hybridized carbons (Fsp3) is 0.667. The third-order valence-corrected chi connectivity index (χ3v) is 2.39. The second kappa shape index (κ2) is 4.39. The highest BCUT2D eigenvalue weighted by Gasteiger charge is 2.17. The van der Waals surface area contributed by atoms with Gasteiger partial charge in [0.2, 0.25) is 0 Å². The van der Waals surface area contributed by atoms with Crippen molar-refractivity contribution in [2.45, 2.75) is 25.8 Å². The third kappa shape index (κ3) is 2.53. The number of amides is 1. The van der Waals surface area contributed by atoms with Crippen molar-refractivity contribution in [3.05, 3.63) is 11.7 Å². The van der Waals surface area contributed by atoms with Gasteiger partial charge in [0, 0.05) is 12.6 Å². The molecule has 1 unspecified atom stereocenters. The smallest absolute Gasteiger partial charge is 0.315 e. The maximum atomic E-state index is 11.5. The van der Waals surface area contributed by atoms with Crippen LogP contribution in [-0.2, 0) is 0 Å². The van der Waals surface area contributed by atoms with Crippen molar-refractivity contribution in [2.24, 2.45) is 0 Å². The Morgan fingerprint density at radius 2 is 2.60 bits per heavy atom. The minimum atomic E-state index is -0.302. The quantitative estimate of drug-likeness (QED) is 0.725. The lowest BCUT2D eigenvalue weighted by molar-refractivity contribution is 0.0906. The molecule has 0 aromatic carbocycles. The lowest BCUT2D eigenvalue weighted by atomic mass is 10.2. The van der Waals surface area contributed by atoms with Crippen molar-refractivity contribution in [3.8, 4) is 0 Å². The van der Waals surface area contributed by atoms with Crippen molar-refractivity contribution in [2.75, 3.05) is 13.1 Å². The maximum Gasteiger partial charge on any atom is 0.315 e. The summed E-state index contributed by atoms with van der Waals surface area (Å²) >= 11 is 0. The molecule has 15 heavy (non-hydrogen) atoms. The molecule has 2 rings (SSSR count). The number of carbonyl (C=O) groups is 1. The van der Waals surface area contributed by atoms with Crippen LogP contribution in [0.4, 0.5) is 0 Å². The van der Waals surface area contributed by atoms with E-state index in [1.54, 1.807) is 6.92 Å². The molecule has 1 aliphatic heterocycles. The Bertz CT molecular complexity index is 344. The van der Waals surface area contributed by atoms with Crippen LogP contribution in [0.2, 0.25) is 0 Å². The van der Waals surface area contributed by atoms with Gasteiger partial charge in [0.1, 0.15) is 0 Å². The monoisotopic (exact) mass is 210 g/mol. The second-order valence-corrected chi connectivity index (χ2v) is 3.65. The fourth-order valence-electron chi connectivity index (χ4n) is 1.61. The van der Waals surface area contributed by atoms with E-state index in [1.165, 1.54) is 6.42 Å². The number of nitrogens with zero attached hydrogens (tertiary/aromatic N) is 2. The molecule has 6 heteroatoms. The molecular formula is C9H14N4O2. The zero-order valence-corrected chi connectivity index (χ0v) is 8.62. The molecule has 1 atom stereocenters. The summed E-state index contributed by atoms with van der Waals surface area (Å²) in [5, 5.41) is 9.60. The topological polar surface area (TPSA) is 80.0 Å². The molecule has 1 aromatic heterocycles. The lowest BCUT2D eigenvalue weighted by Gasteiger charge is -2.09. The van der Waals surface area contributed by atoms with Gasteiger partial charge in [-0.15, -0.1) is 0 Å². The molecule has 0 bridgehead atoms. The number of hydrogen-bond acceptors (Lipinski definition) is 5. The second-order valence-electron chi connectivity index (χ2n) is 3.65. The van der Waals surface area contributed by atoms with Crippen LogP contribution in [0.3, 0.4) is 0 Å². The zero-order chi connectivity index (χ0) is 10.7. The molecule has 2 heterocycles. The van der Waals surface area contributed by atoms with Crippen molar-refractivity contribution >= 4 is 5.91 Å². The zero-order valence-electron chi connectivity index (χ0n) is 8.62. The first kappa shape index (κ1) is 10.1. The third-order valence-electron chi connectivity index (χ3n) is 2.39. The van der Waals surface area contributed by atoms with E-state index in [0.29, 0.717) is 18.4 Å². The molecule has 1 aromatic rings. The van der Waals surface area contributed by atoms with Crippen LogP contribution in [0.15, 0.2) is 4.52 Å². The molecular weight excluding hydrogens is 196 g/mol. The SMILES string of the molecule is Cc1noc(C(=O)NCC2CCCN2)n1. The van der Waals surface area contributed by atoms with Gasteiger partial charge in [-0.05, 0) is 26.3 Å². The minimum absolute atomic E-state index is 0.0329. The number of carbonyl (C=O) groups excluding carboxylic acids is 1. The summed E-state index contributed by atoms with van der Waals surface area (Å²) < 4.78 is 4.75. The van der Waals surface area contributed by atoms with E-state index in [2.05, 4.69) is 20.8 Å². The highest BCUT2D eigenvalue weighted by Crippen LogP contribution is 2.03. The molecule has 0 saturated carbocycles. The average Bonchev–Trinajstić information content (AvgIpc) is 2.84. The van der Waals surface area contributed by atoms with E-state index in [-0.39, 0.29) is 11.8 Å². The first-order valence-electron chi connectivity index (χ1n) is 5.07. The molecule has 1 aliphatic rings. The summed E-state index contributed by atoms with van der Waals surface area (Å²) in [6.07, 6.45) is 2.27. The number of rotatable bonds is 3. The van der Waals surface area contributed by atoms with E-state index in [4.69, 9.17) is 4.52 Å². The van der Waals surface area contributed by atoms with Gasteiger partial charge in [-0.25, -0.2) is 0 Å². The molecule has 0 radical (unpaired) electrons. The Kier molecular flexibility index (Phi) is 2.96. The van der Waals surface area contributed by atoms with E-state index in [1.807, 2.05) is 0 Å². The van der Waals surface area contributed by atoms with Crippen LogP contribution in [0.25, 0.3) is 0 Å². The van der Waals surface area contributed by atoms with Crippen LogP contribution in [0.5, 0.6) is 0 Å². The van der Waals surface area contributed by atoms with Crippen molar-refractivity contribution in [1.29, 1.82) is 0 Å². The van der Waals surface area contributed by atoms with Gasteiger partial charge in [-0.1, -0.05) is 5.16 Å². The summed E-state index contributed by atoms with van der Waals surface area (Å²) in [6, 6.07) is 0.373. The molecule has 0 aliphatic carbocycles. The van der Waals surface area contributed by atoms with Crippen molar-refractivity contribution in [3.63, 3.8) is 0 Å². The largest absolute Gasteiger partial charge is 0.346 e. The predicted molar refractivity (Wildman–Crippen MR) is 52.4 cm³/mol. The molecule has 1 saturated heterocycles. The number of nitrogens with one attached hydrogen (secondary N) is 2. The van der Waals surface area contributed by atoms with E-state index in [0.717, 1.165) is 13.0 Å². The van der Waals surface area contributed by atoms with Crippen molar-refractivity contribution < 1.29 is 9.32 Å². The van der Waals surface area contributed by atoms with E-state index in [9.17, 15) is 4.79 Å². The lowest BCUT2D eigenvalue weighted by Crippen LogP contribution is -2.37. The molecule has 1 fully saturated rings. The summed E-state index contributed by atoms with van der Waals surface area (Å²) in [5.74, 6) is 0.203. The minimum Gasteiger partial charge on any atom is -0.346 e. The van der Waals surface area contributed by atoms with Crippen LogP contribution < -0.4 is 10.6 Å². The summed E-state index contributed by atoms with van der Waals surface area (Å²) in [6.45, 7) is 3.32. The molecule has 2 N–H and O–H groups in total. The molecule has 1 amide bonds. The Balaban J connectivity index is 1.81. The molecule has 6 nitrogen and oxygen atoms in total. The highest BCUT2D eigenvalue weighted by atomic mass is 16.5. The molecule has 0 spiro atoms. The fourth-order valence-corrected chi connectivity index (χ4v) is 1.61. The Hall–Kier alpha value is -1.43. The normalized spacial score (nSPS) is 20.5. The van der Waals surface area contributed by atoms with Crippen molar-refractivity contribution in [1.82, 2.24) is 20.8 Å². The predicted octanol–water partition coefficient (Wildman–Crippen LogP) is -0.140. The summed E-state index contributed by atoms with van der Waals surface area (Å²) in [7, 11) is 0. The first-order chi connectivity index (χ1) is 7.25. The summed E-state index contributed by atoms with van der Waals surface area (Å²) in [4.78, 5) is 15.3. The Labute approximate surface area is 87.4 Å². The van der Waals surface area contributed by atoms with E-state index >= 15 is 0 Å². The van der Waals surface area contributed by atoms with Gasteiger partial charge >= 0.3 is 11.8 Å². The van der Waals surface area contributed by atoms with Crippen LogP contribution >= 0.6 is 0 Å². The standard InChI is InChI=1S/C9H14N4O2/c1-6-12-9(15-13-6)8(14)11-5-7-3-2-4-10-7/h7,10H,2-5H2,1H3,(H,11,14). The number of aryl methyl sites for hydroxylation is 1. The van der Waals surface area contributed by atoms with Gasteiger partial charge in [-0.3, -0.25) is 4.79 Å². The van der Waals surface area contributed by atoms with Gasteiger partial charge < -0.3 is 15.2 Å². The number of hydrogen-bond donors (Lipinski definition) is 2. The van der Waals surface area contributed by atoms with Gasteiger partial charge in [-0.2, -0.15) is 4.98 Å². The van der Waals surface area contributed by atoms with Gasteiger partial charge in [0.25, 0.3) is 0 Å². The summed E-state index contributed by atoms with van der Waals surface area (Å²) in [5.41, 5.74) is 0.